The van der Waals surface area contributed by atoms with Crippen LogP contribution in [0.25, 0.3) is 0 Å². The Hall–Kier alpha value is -0.970. The summed E-state index contributed by atoms with van der Waals surface area (Å²) in [6, 6.07) is 13.8. The minimum absolute atomic E-state index is 0.00301. The van der Waals surface area contributed by atoms with E-state index in [9.17, 15) is 8.42 Å². The normalized spacial score (nSPS) is 11.5. The van der Waals surface area contributed by atoms with Crippen LogP contribution in [0.3, 0.4) is 0 Å². The van der Waals surface area contributed by atoms with E-state index in [0.717, 1.165) is 10.5 Å². The summed E-state index contributed by atoms with van der Waals surface area (Å²) in [6.07, 6.45) is 1.97. The lowest BCUT2D eigenvalue weighted by atomic mass is 10.2. The molecule has 0 saturated carbocycles. The van der Waals surface area contributed by atoms with Gasteiger partial charge in [0.1, 0.15) is 0 Å². The number of sulfone groups is 1. The van der Waals surface area contributed by atoms with Crippen LogP contribution in [0.2, 0.25) is 5.02 Å². The molecule has 0 unspecified atom stereocenters. The van der Waals surface area contributed by atoms with Crippen molar-refractivity contribution in [2.45, 2.75) is 15.5 Å². The van der Waals surface area contributed by atoms with Crippen LogP contribution in [0.15, 0.2) is 58.3 Å². The molecular formula is C14H13ClO2S2. The van der Waals surface area contributed by atoms with E-state index >= 15 is 0 Å². The predicted molar refractivity (Wildman–Crippen MR) is 80.6 cm³/mol. The van der Waals surface area contributed by atoms with E-state index in [1.165, 1.54) is 12.1 Å². The van der Waals surface area contributed by atoms with Gasteiger partial charge in [-0.15, -0.1) is 11.8 Å². The van der Waals surface area contributed by atoms with E-state index in [0.29, 0.717) is 9.92 Å². The zero-order chi connectivity index (χ0) is 13.9. The smallest absolute Gasteiger partial charge is 0.182 e. The second kappa shape index (κ2) is 5.99. The SMILES string of the molecule is CSc1cccc(CS(=O)(=O)c2ccc(Cl)cc2)c1. The molecule has 0 atom stereocenters. The van der Waals surface area contributed by atoms with Gasteiger partial charge in [-0.05, 0) is 48.2 Å². The molecule has 0 aromatic heterocycles. The Morgan fingerprint density at radius 2 is 1.79 bits per heavy atom. The molecule has 2 aromatic rings. The van der Waals surface area contributed by atoms with Crippen molar-refractivity contribution in [3.05, 3.63) is 59.1 Å². The Bertz CT molecular complexity index is 664. The molecule has 2 rings (SSSR count). The molecule has 0 heterocycles. The third kappa shape index (κ3) is 3.75. The van der Waals surface area contributed by atoms with Crippen LogP contribution in [0, 0.1) is 0 Å². The first-order chi connectivity index (χ1) is 9.01. The zero-order valence-electron chi connectivity index (χ0n) is 10.3. The minimum atomic E-state index is -3.32. The molecule has 0 saturated heterocycles. The van der Waals surface area contributed by atoms with Gasteiger partial charge >= 0.3 is 0 Å². The van der Waals surface area contributed by atoms with Gasteiger partial charge in [0.15, 0.2) is 9.84 Å². The number of rotatable bonds is 4. The van der Waals surface area contributed by atoms with Crippen LogP contribution >= 0.6 is 23.4 Å². The quantitative estimate of drug-likeness (QED) is 0.799. The highest BCUT2D eigenvalue weighted by Gasteiger charge is 2.15. The van der Waals surface area contributed by atoms with Gasteiger partial charge in [0.05, 0.1) is 10.6 Å². The highest BCUT2D eigenvalue weighted by molar-refractivity contribution is 7.98. The second-order valence-electron chi connectivity index (χ2n) is 4.06. The van der Waals surface area contributed by atoms with Crippen molar-refractivity contribution in [1.82, 2.24) is 0 Å². The van der Waals surface area contributed by atoms with Gasteiger partial charge in [-0.25, -0.2) is 8.42 Å². The molecule has 0 radical (unpaired) electrons. The molecule has 0 N–H and O–H groups in total. The highest BCUT2D eigenvalue weighted by Crippen LogP contribution is 2.21. The molecule has 2 nitrogen and oxygen atoms in total. The maximum Gasteiger partial charge on any atom is 0.182 e. The molecule has 0 spiro atoms. The molecule has 0 aliphatic carbocycles. The Balaban J connectivity index is 2.28. The van der Waals surface area contributed by atoms with Crippen molar-refractivity contribution < 1.29 is 8.42 Å². The first kappa shape index (κ1) is 14.4. The molecule has 0 amide bonds. The van der Waals surface area contributed by atoms with Crippen molar-refractivity contribution in [2.75, 3.05) is 6.26 Å². The lowest BCUT2D eigenvalue weighted by molar-refractivity contribution is 0.595. The van der Waals surface area contributed by atoms with E-state index in [-0.39, 0.29) is 5.75 Å². The third-order valence-electron chi connectivity index (χ3n) is 2.66. The van der Waals surface area contributed by atoms with Crippen molar-refractivity contribution >= 4 is 33.2 Å². The Kier molecular flexibility index (Phi) is 4.55. The van der Waals surface area contributed by atoms with E-state index in [1.807, 2.05) is 30.5 Å². The maximum absolute atomic E-state index is 12.3. The number of benzene rings is 2. The van der Waals surface area contributed by atoms with Crippen LogP contribution in [0.1, 0.15) is 5.56 Å². The Morgan fingerprint density at radius 3 is 2.42 bits per heavy atom. The largest absolute Gasteiger partial charge is 0.223 e. The van der Waals surface area contributed by atoms with Crippen molar-refractivity contribution in [3.8, 4) is 0 Å². The maximum atomic E-state index is 12.3. The van der Waals surface area contributed by atoms with Gasteiger partial charge in [-0.3, -0.25) is 0 Å². The summed E-state index contributed by atoms with van der Waals surface area (Å²) in [6.45, 7) is 0. The van der Waals surface area contributed by atoms with Gasteiger partial charge < -0.3 is 0 Å². The monoisotopic (exact) mass is 312 g/mol. The summed E-state index contributed by atoms with van der Waals surface area (Å²) in [5.41, 5.74) is 0.793. The summed E-state index contributed by atoms with van der Waals surface area (Å²) < 4.78 is 24.5. The van der Waals surface area contributed by atoms with Crippen molar-refractivity contribution in [1.29, 1.82) is 0 Å². The van der Waals surface area contributed by atoms with Crippen LogP contribution in [0.5, 0.6) is 0 Å². The summed E-state index contributed by atoms with van der Waals surface area (Å²) in [4.78, 5) is 1.36. The molecule has 0 aliphatic rings. The van der Waals surface area contributed by atoms with Crippen molar-refractivity contribution in [3.63, 3.8) is 0 Å². The van der Waals surface area contributed by atoms with Gasteiger partial charge in [0, 0.05) is 9.92 Å². The first-order valence-corrected chi connectivity index (χ1v) is 8.88. The molecular weight excluding hydrogens is 300 g/mol. The molecule has 0 fully saturated rings. The average Bonchev–Trinajstić information content (AvgIpc) is 2.39. The standard InChI is InChI=1S/C14H13ClO2S2/c1-18-13-4-2-3-11(9-13)10-19(16,17)14-7-5-12(15)6-8-14/h2-9H,10H2,1H3. The van der Waals surface area contributed by atoms with Crippen LogP contribution in [0.4, 0.5) is 0 Å². The molecule has 100 valence electrons. The lowest BCUT2D eigenvalue weighted by Gasteiger charge is -2.06. The number of hydrogen-bond acceptors (Lipinski definition) is 3. The van der Waals surface area contributed by atoms with E-state index in [4.69, 9.17) is 11.6 Å². The van der Waals surface area contributed by atoms with Gasteiger partial charge in [0.25, 0.3) is 0 Å². The zero-order valence-corrected chi connectivity index (χ0v) is 12.7. The fourth-order valence-electron chi connectivity index (χ4n) is 1.71. The lowest BCUT2D eigenvalue weighted by Crippen LogP contribution is -2.04. The fourth-order valence-corrected chi connectivity index (χ4v) is 3.65. The first-order valence-electron chi connectivity index (χ1n) is 5.62. The Labute approximate surface area is 122 Å². The van der Waals surface area contributed by atoms with Gasteiger partial charge in [0.2, 0.25) is 0 Å². The molecule has 19 heavy (non-hydrogen) atoms. The predicted octanol–water partition coefficient (Wildman–Crippen LogP) is 4.04. The molecule has 0 aliphatic heterocycles. The highest BCUT2D eigenvalue weighted by atomic mass is 35.5. The summed E-state index contributed by atoms with van der Waals surface area (Å²) in [7, 11) is -3.32. The molecule has 5 heteroatoms. The average molecular weight is 313 g/mol. The third-order valence-corrected chi connectivity index (χ3v) is 5.34. The number of thioether (sulfide) groups is 1. The Morgan fingerprint density at radius 1 is 1.11 bits per heavy atom. The summed E-state index contributed by atoms with van der Waals surface area (Å²) in [5, 5.41) is 0.531. The van der Waals surface area contributed by atoms with E-state index in [1.54, 1.807) is 23.9 Å². The van der Waals surface area contributed by atoms with E-state index in [2.05, 4.69) is 0 Å². The summed E-state index contributed by atoms with van der Waals surface area (Å²) >= 11 is 7.36. The fraction of sp³-hybridized carbons (Fsp3) is 0.143. The molecule has 0 bridgehead atoms. The van der Waals surface area contributed by atoms with Gasteiger partial charge in [-0.2, -0.15) is 0 Å². The summed E-state index contributed by atoms with van der Waals surface area (Å²) in [5.74, 6) is 0.00301. The van der Waals surface area contributed by atoms with Crippen LogP contribution < -0.4 is 0 Å². The molecule has 2 aromatic carbocycles. The van der Waals surface area contributed by atoms with Crippen LogP contribution in [-0.2, 0) is 15.6 Å². The number of hydrogen-bond donors (Lipinski definition) is 0. The van der Waals surface area contributed by atoms with Crippen molar-refractivity contribution in [2.24, 2.45) is 0 Å². The second-order valence-corrected chi connectivity index (χ2v) is 7.37. The minimum Gasteiger partial charge on any atom is -0.223 e. The number of halogens is 1. The topological polar surface area (TPSA) is 34.1 Å². The van der Waals surface area contributed by atoms with Gasteiger partial charge in [-0.1, -0.05) is 23.7 Å². The van der Waals surface area contributed by atoms with Crippen LogP contribution in [-0.4, -0.2) is 14.7 Å². The van der Waals surface area contributed by atoms with E-state index < -0.39 is 9.84 Å².